The molecule has 0 aromatic carbocycles. The fourth-order valence-corrected chi connectivity index (χ4v) is 2.29. The Labute approximate surface area is 140 Å². The van der Waals surface area contributed by atoms with Crippen molar-refractivity contribution in [3.63, 3.8) is 0 Å². The minimum absolute atomic E-state index is 0.0735. The van der Waals surface area contributed by atoms with Crippen LogP contribution in [0.1, 0.15) is 36.8 Å². The Bertz CT molecular complexity index is 926. The molecule has 0 spiro atoms. The number of carbonyl (C=O) groups is 1. The Balaban J connectivity index is 2.80. The van der Waals surface area contributed by atoms with Gasteiger partial charge in [0.05, 0.1) is 10.9 Å². The molecule has 0 unspecified atom stereocenters. The zero-order valence-electron chi connectivity index (χ0n) is 14.2. The Kier molecular flexibility index (Phi) is 4.62. The number of nitrogen functional groups attached to an aromatic ring is 1. The number of carbonyl (C=O) groups excluding carboxylic acids is 1. The summed E-state index contributed by atoms with van der Waals surface area (Å²) in [5, 5.41) is 2.76. The van der Waals surface area contributed by atoms with Crippen LogP contribution in [0.15, 0.2) is 16.9 Å². The Morgan fingerprint density at radius 3 is 2.62 bits per heavy atom. The minimum atomic E-state index is -0.650. The van der Waals surface area contributed by atoms with Crippen molar-refractivity contribution in [1.82, 2.24) is 14.9 Å². The molecule has 5 N–H and O–H groups in total. The maximum atomic E-state index is 12.6. The van der Waals surface area contributed by atoms with Crippen molar-refractivity contribution in [1.29, 1.82) is 0 Å². The van der Waals surface area contributed by atoms with Gasteiger partial charge in [-0.1, -0.05) is 5.92 Å². The molecule has 126 valence electrons. The van der Waals surface area contributed by atoms with E-state index in [0.29, 0.717) is 23.3 Å². The lowest BCUT2D eigenvalue weighted by molar-refractivity contribution is 0.0962. The average molecular weight is 327 g/mol. The molecule has 0 aliphatic rings. The molecule has 2 aromatic heterocycles. The molecule has 7 heteroatoms. The van der Waals surface area contributed by atoms with E-state index in [1.807, 2.05) is 6.92 Å². The summed E-state index contributed by atoms with van der Waals surface area (Å²) >= 11 is 0. The van der Waals surface area contributed by atoms with E-state index >= 15 is 0 Å². The van der Waals surface area contributed by atoms with Gasteiger partial charge in [0.1, 0.15) is 22.7 Å². The SMILES string of the molecule is CCn1c(N)c(C(=O)NC)c(=O)c2ccc(C#CC(C)(C)N)nc21. The van der Waals surface area contributed by atoms with Gasteiger partial charge in [-0.3, -0.25) is 9.59 Å². The van der Waals surface area contributed by atoms with Crippen molar-refractivity contribution in [3.8, 4) is 11.8 Å². The van der Waals surface area contributed by atoms with Crippen LogP contribution in [-0.4, -0.2) is 28.0 Å². The predicted octanol–water partition coefficient (Wildman–Crippen LogP) is 0.447. The first kappa shape index (κ1) is 17.5. The molecule has 0 atom stereocenters. The quantitative estimate of drug-likeness (QED) is 0.692. The van der Waals surface area contributed by atoms with Gasteiger partial charge >= 0.3 is 0 Å². The van der Waals surface area contributed by atoms with Crippen molar-refractivity contribution in [2.75, 3.05) is 12.8 Å². The molecule has 24 heavy (non-hydrogen) atoms. The van der Waals surface area contributed by atoms with Crippen LogP contribution in [0.3, 0.4) is 0 Å². The number of pyridine rings is 2. The number of fused-ring (bicyclic) bond motifs is 1. The van der Waals surface area contributed by atoms with Gasteiger partial charge in [-0.05, 0) is 38.8 Å². The zero-order chi connectivity index (χ0) is 18.1. The van der Waals surface area contributed by atoms with Gasteiger partial charge in [0.15, 0.2) is 0 Å². The Morgan fingerprint density at radius 1 is 1.42 bits per heavy atom. The third-order valence-electron chi connectivity index (χ3n) is 3.43. The molecule has 0 fully saturated rings. The lowest BCUT2D eigenvalue weighted by Gasteiger charge is -2.15. The number of hydrogen-bond donors (Lipinski definition) is 3. The molecule has 0 saturated heterocycles. The van der Waals surface area contributed by atoms with Crippen molar-refractivity contribution >= 4 is 22.8 Å². The fraction of sp³-hybridized carbons (Fsp3) is 0.353. The first-order valence-electron chi connectivity index (χ1n) is 7.56. The molecule has 0 radical (unpaired) electrons. The average Bonchev–Trinajstić information content (AvgIpc) is 2.52. The number of amides is 1. The van der Waals surface area contributed by atoms with Gasteiger partial charge in [0.25, 0.3) is 5.91 Å². The number of anilines is 1. The van der Waals surface area contributed by atoms with E-state index in [-0.39, 0.29) is 11.4 Å². The first-order valence-corrected chi connectivity index (χ1v) is 7.56. The number of aromatic nitrogens is 2. The summed E-state index contributed by atoms with van der Waals surface area (Å²) < 4.78 is 1.63. The van der Waals surface area contributed by atoms with E-state index in [1.54, 1.807) is 30.5 Å². The van der Waals surface area contributed by atoms with E-state index < -0.39 is 16.9 Å². The van der Waals surface area contributed by atoms with E-state index in [4.69, 9.17) is 11.5 Å². The molecule has 0 saturated carbocycles. The second kappa shape index (κ2) is 6.34. The summed E-state index contributed by atoms with van der Waals surface area (Å²) in [6, 6.07) is 3.24. The minimum Gasteiger partial charge on any atom is -0.384 e. The summed E-state index contributed by atoms with van der Waals surface area (Å²) in [4.78, 5) is 29.0. The number of nitrogens with one attached hydrogen (secondary N) is 1. The summed E-state index contributed by atoms with van der Waals surface area (Å²) in [7, 11) is 1.45. The molecule has 0 aliphatic heterocycles. The molecule has 7 nitrogen and oxygen atoms in total. The van der Waals surface area contributed by atoms with Crippen molar-refractivity contribution in [2.24, 2.45) is 5.73 Å². The smallest absolute Gasteiger partial charge is 0.258 e. The molecular weight excluding hydrogens is 306 g/mol. The van der Waals surface area contributed by atoms with E-state index in [2.05, 4.69) is 22.1 Å². The van der Waals surface area contributed by atoms with Crippen LogP contribution in [0.2, 0.25) is 0 Å². The van der Waals surface area contributed by atoms with Gasteiger partial charge < -0.3 is 21.4 Å². The topological polar surface area (TPSA) is 116 Å². The largest absolute Gasteiger partial charge is 0.384 e. The highest BCUT2D eigenvalue weighted by atomic mass is 16.2. The van der Waals surface area contributed by atoms with Gasteiger partial charge in [-0.2, -0.15) is 0 Å². The highest BCUT2D eigenvalue weighted by Crippen LogP contribution is 2.17. The van der Waals surface area contributed by atoms with Crippen LogP contribution < -0.4 is 22.2 Å². The number of aryl methyl sites for hydroxylation is 1. The molecule has 2 aromatic rings. The molecule has 0 aliphatic carbocycles. The molecule has 2 rings (SSSR count). The van der Waals surface area contributed by atoms with Gasteiger partial charge in [-0.25, -0.2) is 4.98 Å². The number of nitrogens with two attached hydrogens (primary N) is 2. The van der Waals surface area contributed by atoms with Gasteiger partial charge in [0, 0.05) is 13.6 Å². The van der Waals surface area contributed by atoms with E-state index in [9.17, 15) is 9.59 Å². The zero-order valence-corrected chi connectivity index (χ0v) is 14.2. The highest BCUT2D eigenvalue weighted by molar-refractivity contribution is 6.01. The van der Waals surface area contributed by atoms with Crippen LogP contribution in [-0.2, 0) is 6.54 Å². The molecular formula is C17H21N5O2. The van der Waals surface area contributed by atoms with Crippen molar-refractivity contribution in [3.05, 3.63) is 33.6 Å². The van der Waals surface area contributed by atoms with Crippen LogP contribution in [0, 0.1) is 11.8 Å². The van der Waals surface area contributed by atoms with Crippen molar-refractivity contribution in [2.45, 2.75) is 32.9 Å². The van der Waals surface area contributed by atoms with Crippen molar-refractivity contribution < 1.29 is 4.79 Å². The monoisotopic (exact) mass is 327 g/mol. The second-order valence-electron chi connectivity index (χ2n) is 5.95. The van der Waals surface area contributed by atoms with Gasteiger partial charge in [0.2, 0.25) is 5.43 Å². The Morgan fingerprint density at radius 2 is 2.08 bits per heavy atom. The van der Waals surface area contributed by atoms with E-state index in [1.165, 1.54) is 7.05 Å². The van der Waals surface area contributed by atoms with Crippen LogP contribution >= 0.6 is 0 Å². The normalized spacial score (nSPS) is 11.0. The van der Waals surface area contributed by atoms with Gasteiger partial charge in [-0.15, -0.1) is 0 Å². The highest BCUT2D eigenvalue weighted by Gasteiger charge is 2.20. The van der Waals surface area contributed by atoms with Crippen LogP contribution in [0.4, 0.5) is 5.82 Å². The maximum Gasteiger partial charge on any atom is 0.258 e. The lowest BCUT2D eigenvalue weighted by Crippen LogP contribution is -2.30. The predicted molar refractivity (Wildman–Crippen MR) is 94.6 cm³/mol. The first-order chi connectivity index (χ1) is 11.2. The van der Waals surface area contributed by atoms with E-state index in [0.717, 1.165) is 0 Å². The van der Waals surface area contributed by atoms with Crippen LogP contribution in [0.25, 0.3) is 11.0 Å². The Hall–Kier alpha value is -2.85. The summed E-state index contributed by atoms with van der Waals surface area (Å²) in [6.45, 7) is 5.89. The lowest BCUT2D eigenvalue weighted by atomic mass is 10.1. The number of nitrogens with zero attached hydrogens (tertiary/aromatic N) is 2. The maximum absolute atomic E-state index is 12.6. The summed E-state index contributed by atoms with van der Waals surface area (Å²) in [6.07, 6.45) is 0. The standard InChI is InChI=1S/C17H21N5O2/c1-5-22-14(18)12(16(24)20-4)13(23)11-7-6-10(21-15(11)22)8-9-17(2,3)19/h6-7H,5,18-19H2,1-4H3,(H,20,24). The molecule has 0 bridgehead atoms. The number of rotatable bonds is 2. The molecule has 2 heterocycles. The third-order valence-corrected chi connectivity index (χ3v) is 3.43. The molecule has 1 amide bonds. The third kappa shape index (κ3) is 3.24. The van der Waals surface area contributed by atoms with Crippen LogP contribution in [0.5, 0.6) is 0 Å². The number of hydrogen-bond acceptors (Lipinski definition) is 5. The summed E-state index contributed by atoms with van der Waals surface area (Å²) in [5.41, 5.74) is 11.6. The summed E-state index contributed by atoms with van der Waals surface area (Å²) in [5.74, 6) is 5.36. The second-order valence-corrected chi connectivity index (χ2v) is 5.95. The fourth-order valence-electron chi connectivity index (χ4n) is 2.29.